The summed E-state index contributed by atoms with van der Waals surface area (Å²) in [4.78, 5) is 13.7. The molecule has 0 saturated heterocycles. The molecule has 28 heavy (non-hydrogen) atoms. The lowest BCUT2D eigenvalue weighted by Gasteiger charge is -2.26. The Balaban J connectivity index is 2.05. The number of anilines is 1. The Morgan fingerprint density at radius 1 is 1.18 bits per heavy atom. The summed E-state index contributed by atoms with van der Waals surface area (Å²) < 4.78 is 44.6. The van der Waals surface area contributed by atoms with Crippen molar-refractivity contribution in [2.75, 3.05) is 24.3 Å². The van der Waals surface area contributed by atoms with Gasteiger partial charge in [0.25, 0.3) is 5.91 Å². The Morgan fingerprint density at radius 3 is 2.57 bits per heavy atom. The molecule has 0 spiro atoms. The van der Waals surface area contributed by atoms with E-state index >= 15 is 0 Å². The summed E-state index contributed by atoms with van der Waals surface area (Å²) in [6.45, 7) is 1.80. The van der Waals surface area contributed by atoms with Crippen LogP contribution in [0.5, 0.6) is 0 Å². The van der Waals surface area contributed by atoms with Gasteiger partial charge >= 0.3 is 6.18 Å². The molecule has 0 bridgehead atoms. The van der Waals surface area contributed by atoms with Gasteiger partial charge in [0.15, 0.2) is 0 Å². The maximum absolute atomic E-state index is 13.3. The molecule has 1 amide bonds. The van der Waals surface area contributed by atoms with Crippen LogP contribution in [0.3, 0.4) is 0 Å². The first-order valence-corrected chi connectivity index (χ1v) is 9.77. The molecule has 0 unspecified atom stereocenters. The first-order valence-electron chi connectivity index (χ1n) is 8.41. The molecule has 2 aromatic carbocycles. The van der Waals surface area contributed by atoms with Gasteiger partial charge in [0, 0.05) is 23.4 Å². The van der Waals surface area contributed by atoms with Crippen molar-refractivity contribution in [2.24, 2.45) is 0 Å². The zero-order valence-electron chi connectivity index (χ0n) is 15.1. The van der Waals surface area contributed by atoms with Crippen LogP contribution in [0, 0.1) is 6.92 Å². The largest absolute Gasteiger partial charge is 0.487 e. The molecule has 3 nitrogen and oxygen atoms in total. The third kappa shape index (κ3) is 4.15. The number of hydrogen-bond acceptors (Lipinski definition) is 3. The second-order valence-corrected chi connectivity index (χ2v) is 7.74. The third-order valence-corrected chi connectivity index (χ3v) is 5.54. The van der Waals surface area contributed by atoms with Crippen LogP contribution in [0.2, 0.25) is 5.02 Å². The van der Waals surface area contributed by atoms with E-state index < -0.39 is 22.7 Å². The number of halogens is 4. The fourth-order valence-corrected chi connectivity index (χ4v) is 4.14. The number of carbonyl (C=O) groups is 1. The highest BCUT2D eigenvalue weighted by Gasteiger charge is 2.43. The lowest BCUT2D eigenvalue weighted by Crippen LogP contribution is -2.32. The summed E-state index contributed by atoms with van der Waals surface area (Å²) in [5.41, 5.74) is 2.96. The maximum Gasteiger partial charge on any atom is 0.450 e. The smallest absolute Gasteiger partial charge is 0.450 e. The number of benzene rings is 2. The number of rotatable bonds is 3. The zero-order valence-corrected chi connectivity index (χ0v) is 16.7. The molecule has 0 aliphatic carbocycles. The second-order valence-electron chi connectivity index (χ2n) is 6.19. The van der Waals surface area contributed by atoms with Crippen LogP contribution in [-0.4, -0.2) is 31.5 Å². The predicted molar refractivity (Wildman–Crippen MR) is 107 cm³/mol. The number of para-hydroxylation sites is 1. The van der Waals surface area contributed by atoms with Crippen molar-refractivity contribution in [3.63, 3.8) is 0 Å². The van der Waals surface area contributed by atoms with Gasteiger partial charge in [-0.3, -0.25) is 4.79 Å². The highest BCUT2D eigenvalue weighted by Crippen LogP contribution is 2.39. The van der Waals surface area contributed by atoms with E-state index in [4.69, 9.17) is 16.3 Å². The molecule has 1 heterocycles. The van der Waals surface area contributed by atoms with Gasteiger partial charge in [0.1, 0.15) is 4.91 Å². The zero-order chi connectivity index (χ0) is 20.5. The molecule has 2 aromatic rings. The molecule has 0 N–H and O–H groups in total. The predicted octanol–water partition coefficient (Wildman–Crippen LogP) is 5.82. The van der Waals surface area contributed by atoms with Crippen LogP contribution in [0.4, 0.5) is 18.9 Å². The lowest BCUT2D eigenvalue weighted by molar-refractivity contribution is -0.134. The summed E-state index contributed by atoms with van der Waals surface area (Å²) in [6.07, 6.45) is -4.72. The van der Waals surface area contributed by atoms with Crippen LogP contribution in [0.25, 0.3) is 11.1 Å². The van der Waals surface area contributed by atoms with Crippen molar-refractivity contribution in [3.8, 4) is 11.1 Å². The van der Waals surface area contributed by atoms with Crippen molar-refractivity contribution in [1.82, 2.24) is 0 Å². The quantitative estimate of drug-likeness (QED) is 0.618. The second kappa shape index (κ2) is 8.09. The number of thioether (sulfide) groups is 1. The Kier molecular flexibility index (Phi) is 5.95. The summed E-state index contributed by atoms with van der Waals surface area (Å²) in [6, 6.07) is 12.4. The van der Waals surface area contributed by atoms with Gasteiger partial charge in [0.05, 0.1) is 12.3 Å². The number of nitrogens with zero attached hydrogens (tertiary/aromatic N) is 1. The number of amides is 1. The minimum Gasteiger partial charge on any atom is -0.487 e. The Bertz CT molecular complexity index is 943. The summed E-state index contributed by atoms with van der Waals surface area (Å²) >= 11 is 6.89. The lowest BCUT2D eigenvalue weighted by atomic mass is 9.98. The van der Waals surface area contributed by atoms with Crippen LogP contribution in [-0.2, 0) is 9.53 Å². The normalized spacial score (nSPS) is 14.6. The topological polar surface area (TPSA) is 29.5 Å². The highest BCUT2D eigenvalue weighted by atomic mass is 35.5. The van der Waals surface area contributed by atoms with E-state index in [1.807, 2.05) is 25.1 Å². The van der Waals surface area contributed by atoms with Crippen molar-refractivity contribution in [3.05, 3.63) is 63.7 Å². The molecule has 3 rings (SSSR count). The molecule has 8 heteroatoms. The number of alkyl halides is 3. The first-order chi connectivity index (χ1) is 13.2. The van der Waals surface area contributed by atoms with E-state index in [-0.39, 0.29) is 12.4 Å². The molecule has 0 aromatic heterocycles. The molecule has 0 radical (unpaired) electrons. The molecule has 1 aliphatic rings. The van der Waals surface area contributed by atoms with E-state index in [1.165, 1.54) is 11.9 Å². The minimum absolute atomic E-state index is 0.0828. The number of carbonyl (C=O) groups excluding carboxylic acids is 1. The summed E-state index contributed by atoms with van der Waals surface area (Å²) in [7, 11) is 1.46. The molecule has 1 aliphatic heterocycles. The van der Waals surface area contributed by atoms with Gasteiger partial charge < -0.3 is 9.64 Å². The SMILES string of the molecule is Cc1cc(Cl)ccc1-c1ccccc1N(C)C(=O)C1=C(C(F)(F)F)OCCS1. The minimum atomic E-state index is -4.72. The van der Waals surface area contributed by atoms with Crippen LogP contribution < -0.4 is 4.90 Å². The molecule has 0 atom stereocenters. The number of ether oxygens (including phenoxy) is 1. The van der Waals surface area contributed by atoms with E-state index in [2.05, 4.69) is 0 Å². The van der Waals surface area contributed by atoms with E-state index in [1.54, 1.807) is 24.3 Å². The third-order valence-electron chi connectivity index (χ3n) is 4.28. The molecule has 0 fully saturated rings. The summed E-state index contributed by atoms with van der Waals surface area (Å²) in [5, 5.41) is 0.582. The van der Waals surface area contributed by atoms with Gasteiger partial charge in [-0.2, -0.15) is 13.2 Å². The van der Waals surface area contributed by atoms with Gasteiger partial charge in [0.2, 0.25) is 5.76 Å². The number of hydrogen-bond donors (Lipinski definition) is 0. The number of allylic oxidation sites excluding steroid dienone is 1. The van der Waals surface area contributed by atoms with Crippen molar-refractivity contribution in [1.29, 1.82) is 0 Å². The highest BCUT2D eigenvalue weighted by molar-refractivity contribution is 8.04. The standard InChI is InChI=1S/C20H17ClF3NO2S/c1-12-11-13(21)7-8-14(12)15-5-3-4-6-16(15)25(2)19(26)17-18(20(22,23)24)27-9-10-28-17/h3-8,11H,9-10H2,1-2H3. The Labute approximate surface area is 170 Å². The van der Waals surface area contributed by atoms with Crippen molar-refractivity contribution in [2.45, 2.75) is 13.1 Å². The van der Waals surface area contributed by atoms with Crippen LogP contribution in [0.1, 0.15) is 5.56 Å². The fraction of sp³-hybridized carbons (Fsp3) is 0.250. The maximum atomic E-state index is 13.3. The Morgan fingerprint density at radius 2 is 1.89 bits per heavy atom. The van der Waals surface area contributed by atoms with Gasteiger partial charge in [-0.1, -0.05) is 35.9 Å². The van der Waals surface area contributed by atoms with Crippen molar-refractivity contribution < 1.29 is 22.7 Å². The van der Waals surface area contributed by atoms with Crippen LogP contribution in [0.15, 0.2) is 53.1 Å². The fourth-order valence-electron chi connectivity index (χ4n) is 2.97. The van der Waals surface area contributed by atoms with Crippen molar-refractivity contribution >= 4 is 35.0 Å². The van der Waals surface area contributed by atoms with Gasteiger partial charge in [-0.15, -0.1) is 11.8 Å². The van der Waals surface area contributed by atoms with E-state index in [0.29, 0.717) is 10.7 Å². The first kappa shape index (κ1) is 20.6. The average Bonchev–Trinajstić information content (AvgIpc) is 2.66. The van der Waals surface area contributed by atoms with Gasteiger partial charge in [-0.05, 0) is 36.2 Å². The Hall–Kier alpha value is -2.12. The number of likely N-dealkylation sites (N-methyl/N-ethyl adjacent to an activating group) is 1. The molecule has 0 saturated carbocycles. The summed E-state index contributed by atoms with van der Waals surface area (Å²) in [5.74, 6) is -1.69. The monoisotopic (exact) mass is 427 g/mol. The average molecular weight is 428 g/mol. The van der Waals surface area contributed by atoms with Gasteiger partial charge in [-0.25, -0.2) is 0 Å². The van der Waals surface area contributed by atoms with E-state index in [0.717, 1.165) is 28.5 Å². The molecular formula is C20H17ClF3NO2S. The number of aryl methyl sites for hydroxylation is 1. The molecular weight excluding hydrogens is 411 g/mol. The van der Waals surface area contributed by atoms with E-state index in [9.17, 15) is 18.0 Å². The molecule has 148 valence electrons. The van der Waals surface area contributed by atoms with Crippen LogP contribution >= 0.6 is 23.4 Å².